The first-order chi connectivity index (χ1) is 8.84. The van der Waals surface area contributed by atoms with E-state index in [0.29, 0.717) is 13.0 Å². The van der Waals surface area contributed by atoms with Crippen molar-refractivity contribution >= 4 is 5.91 Å². The van der Waals surface area contributed by atoms with E-state index in [1.807, 2.05) is 36.4 Å². The van der Waals surface area contributed by atoms with E-state index < -0.39 is 0 Å². The number of carbonyl (C=O) groups is 1. The van der Waals surface area contributed by atoms with Crippen molar-refractivity contribution in [3.8, 4) is 0 Å². The van der Waals surface area contributed by atoms with Gasteiger partial charge in [-0.1, -0.05) is 36.4 Å². The maximum absolute atomic E-state index is 11.7. The second-order valence-electron chi connectivity index (χ2n) is 4.08. The summed E-state index contributed by atoms with van der Waals surface area (Å²) in [5.41, 5.74) is 2.03. The van der Waals surface area contributed by atoms with Gasteiger partial charge in [0.1, 0.15) is 0 Å². The van der Waals surface area contributed by atoms with Crippen LogP contribution in [0.15, 0.2) is 54.7 Å². The Hall–Kier alpha value is -2.16. The van der Waals surface area contributed by atoms with Gasteiger partial charge in [-0.2, -0.15) is 0 Å². The number of nitrogens with zero attached hydrogens (tertiary/aromatic N) is 1. The van der Waals surface area contributed by atoms with Gasteiger partial charge in [-0.05, 0) is 24.1 Å². The van der Waals surface area contributed by atoms with Gasteiger partial charge >= 0.3 is 0 Å². The predicted molar refractivity (Wildman–Crippen MR) is 71.1 cm³/mol. The molecule has 1 heterocycles. The lowest BCUT2D eigenvalue weighted by molar-refractivity contribution is -0.120. The molecule has 1 N–H and O–H groups in total. The van der Waals surface area contributed by atoms with Crippen LogP contribution in [-0.2, 0) is 17.6 Å². The molecule has 1 aromatic carbocycles. The molecule has 2 aromatic rings. The number of pyridine rings is 1. The molecule has 1 aromatic heterocycles. The summed E-state index contributed by atoms with van der Waals surface area (Å²) < 4.78 is 0. The third-order valence-electron chi connectivity index (χ3n) is 2.65. The van der Waals surface area contributed by atoms with Gasteiger partial charge in [-0.25, -0.2) is 0 Å². The van der Waals surface area contributed by atoms with E-state index in [2.05, 4.69) is 22.4 Å². The number of amides is 1. The van der Waals surface area contributed by atoms with Crippen LogP contribution in [0.5, 0.6) is 0 Å². The van der Waals surface area contributed by atoms with Crippen LogP contribution in [0.4, 0.5) is 0 Å². The second-order valence-corrected chi connectivity index (χ2v) is 4.08. The minimum Gasteiger partial charge on any atom is -0.355 e. The minimum absolute atomic E-state index is 0.0182. The van der Waals surface area contributed by atoms with Crippen molar-refractivity contribution in [1.29, 1.82) is 0 Å². The third-order valence-corrected chi connectivity index (χ3v) is 2.65. The zero-order valence-corrected chi connectivity index (χ0v) is 10.2. The standard InChI is InChI=1S/C15H16N2O/c18-15(12-14-8-4-5-10-16-14)17-11-9-13-6-2-1-3-7-13/h1-8,10H,9,11-12H2,(H,17,18). The number of nitrogens with one attached hydrogen (secondary N) is 1. The van der Waals surface area contributed by atoms with E-state index in [-0.39, 0.29) is 5.91 Å². The van der Waals surface area contributed by atoms with Crippen molar-refractivity contribution in [2.45, 2.75) is 12.8 Å². The van der Waals surface area contributed by atoms with Crippen LogP contribution in [0.25, 0.3) is 0 Å². The van der Waals surface area contributed by atoms with Gasteiger partial charge in [0.2, 0.25) is 5.91 Å². The number of benzene rings is 1. The molecule has 0 saturated heterocycles. The lowest BCUT2D eigenvalue weighted by Gasteiger charge is -2.05. The van der Waals surface area contributed by atoms with Crippen LogP contribution < -0.4 is 5.32 Å². The Kier molecular flexibility index (Phi) is 4.47. The number of aromatic nitrogens is 1. The second kappa shape index (κ2) is 6.55. The highest BCUT2D eigenvalue weighted by Crippen LogP contribution is 1.98. The SMILES string of the molecule is O=C(Cc1ccccn1)NCCc1ccccc1. The molecule has 3 heteroatoms. The summed E-state index contributed by atoms with van der Waals surface area (Å²) in [4.78, 5) is 15.8. The molecule has 0 spiro atoms. The van der Waals surface area contributed by atoms with E-state index >= 15 is 0 Å². The first kappa shape index (κ1) is 12.3. The third kappa shape index (κ3) is 4.01. The van der Waals surface area contributed by atoms with Crippen molar-refractivity contribution in [3.63, 3.8) is 0 Å². The Morgan fingerprint density at radius 2 is 1.83 bits per heavy atom. The smallest absolute Gasteiger partial charge is 0.226 e. The molecule has 0 unspecified atom stereocenters. The summed E-state index contributed by atoms with van der Waals surface area (Å²) >= 11 is 0. The number of hydrogen-bond donors (Lipinski definition) is 1. The largest absolute Gasteiger partial charge is 0.355 e. The molecule has 0 atom stereocenters. The molecule has 92 valence electrons. The lowest BCUT2D eigenvalue weighted by Crippen LogP contribution is -2.27. The Morgan fingerprint density at radius 3 is 2.56 bits per heavy atom. The molecular weight excluding hydrogens is 224 g/mol. The zero-order valence-electron chi connectivity index (χ0n) is 10.2. The average Bonchev–Trinajstić information content (AvgIpc) is 2.41. The highest BCUT2D eigenvalue weighted by molar-refractivity contribution is 5.78. The normalized spacial score (nSPS) is 10.0. The van der Waals surface area contributed by atoms with Gasteiger partial charge in [-0.15, -0.1) is 0 Å². The first-order valence-corrected chi connectivity index (χ1v) is 6.05. The highest BCUT2D eigenvalue weighted by Gasteiger charge is 2.03. The lowest BCUT2D eigenvalue weighted by atomic mass is 10.1. The van der Waals surface area contributed by atoms with Crippen LogP contribution >= 0.6 is 0 Å². The molecule has 0 radical (unpaired) electrons. The molecule has 0 fully saturated rings. The number of hydrogen-bond acceptors (Lipinski definition) is 2. The fourth-order valence-electron chi connectivity index (χ4n) is 1.72. The monoisotopic (exact) mass is 240 g/mol. The van der Waals surface area contributed by atoms with Crippen LogP contribution in [0.1, 0.15) is 11.3 Å². The van der Waals surface area contributed by atoms with Crippen LogP contribution in [0.3, 0.4) is 0 Å². The van der Waals surface area contributed by atoms with Crippen LogP contribution in [-0.4, -0.2) is 17.4 Å². The van der Waals surface area contributed by atoms with Crippen molar-refractivity contribution in [3.05, 3.63) is 66.0 Å². The summed E-state index contributed by atoms with van der Waals surface area (Å²) in [5.74, 6) is 0.0182. The Balaban J connectivity index is 1.73. The summed E-state index contributed by atoms with van der Waals surface area (Å²) in [7, 11) is 0. The summed E-state index contributed by atoms with van der Waals surface area (Å²) in [6, 6.07) is 15.7. The maximum Gasteiger partial charge on any atom is 0.226 e. The molecule has 0 aliphatic rings. The molecule has 0 bridgehead atoms. The Labute approximate surface area is 107 Å². The van der Waals surface area contributed by atoms with Gasteiger partial charge in [0.25, 0.3) is 0 Å². The van der Waals surface area contributed by atoms with Gasteiger partial charge < -0.3 is 5.32 Å². The van der Waals surface area contributed by atoms with Crippen LogP contribution in [0.2, 0.25) is 0 Å². The van der Waals surface area contributed by atoms with E-state index in [4.69, 9.17) is 0 Å². The molecule has 18 heavy (non-hydrogen) atoms. The molecule has 0 aliphatic carbocycles. The van der Waals surface area contributed by atoms with Gasteiger partial charge in [0.15, 0.2) is 0 Å². The fraction of sp³-hybridized carbons (Fsp3) is 0.200. The number of carbonyl (C=O) groups excluding carboxylic acids is 1. The van der Waals surface area contributed by atoms with Crippen molar-refractivity contribution in [1.82, 2.24) is 10.3 Å². The first-order valence-electron chi connectivity index (χ1n) is 6.05. The predicted octanol–water partition coefficient (Wildman–Crippen LogP) is 1.98. The van der Waals surface area contributed by atoms with Crippen molar-refractivity contribution < 1.29 is 4.79 Å². The van der Waals surface area contributed by atoms with Gasteiger partial charge in [0.05, 0.1) is 6.42 Å². The van der Waals surface area contributed by atoms with E-state index in [1.54, 1.807) is 6.20 Å². The molecule has 1 amide bonds. The minimum atomic E-state index is 0.0182. The average molecular weight is 240 g/mol. The molecular formula is C15H16N2O. The maximum atomic E-state index is 11.7. The van der Waals surface area contributed by atoms with Crippen molar-refractivity contribution in [2.75, 3.05) is 6.54 Å². The van der Waals surface area contributed by atoms with Crippen molar-refractivity contribution in [2.24, 2.45) is 0 Å². The quantitative estimate of drug-likeness (QED) is 0.868. The molecule has 0 aliphatic heterocycles. The zero-order chi connectivity index (χ0) is 12.6. The van der Waals surface area contributed by atoms with Gasteiger partial charge in [0, 0.05) is 18.4 Å². The van der Waals surface area contributed by atoms with Crippen LogP contribution in [0, 0.1) is 0 Å². The topological polar surface area (TPSA) is 42.0 Å². The number of rotatable bonds is 5. The Morgan fingerprint density at radius 1 is 1.06 bits per heavy atom. The summed E-state index contributed by atoms with van der Waals surface area (Å²) in [6.45, 7) is 0.662. The van der Waals surface area contributed by atoms with Gasteiger partial charge in [-0.3, -0.25) is 9.78 Å². The molecule has 2 rings (SSSR count). The summed E-state index contributed by atoms with van der Waals surface area (Å²) in [6.07, 6.45) is 2.90. The molecule has 0 saturated carbocycles. The highest BCUT2D eigenvalue weighted by atomic mass is 16.1. The van der Waals surface area contributed by atoms with E-state index in [0.717, 1.165) is 12.1 Å². The van der Waals surface area contributed by atoms with E-state index in [9.17, 15) is 4.79 Å². The summed E-state index contributed by atoms with van der Waals surface area (Å²) in [5, 5.41) is 2.90. The van der Waals surface area contributed by atoms with E-state index in [1.165, 1.54) is 5.56 Å². The molecule has 3 nitrogen and oxygen atoms in total. The Bertz CT molecular complexity index is 482. The fourth-order valence-corrected chi connectivity index (χ4v) is 1.72.